The van der Waals surface area contributed by atoms with Gasteiger partial charge < -0.3 is 19.3 Å². The molecule has 0 spiro atoms. The zero-order valence-electron chi connectivity index (χ0n) is 15.1. The predicted molar refractivity (Wildman–Crippen MR) is 101 cm³/mol. The summed E-state index contributed by atoms with van der Waals surface area (Å²) in [6, 6.07) is 19.7. The number of hydrogen-bond donors (Lipinski definition) is 1. The number of aliphatic hydroxyl groups is 1. The van der Waals surface area contributed by atoms with Crippen LogP contribution in [-0.2, 0) is 27.4 Å². The highest BCUT2D eigenvalue weighted by molar-refractivity contribution is 5.16. The smallest absolute Gasteiger partial charge is 0.139 e. The Balaban J connectivity index is 1.69. The quantitative estimate of drug-likeness (QED) is 0.773. The predicted octanol–water partition coefficient (Wildman–Crippen LogP) is 3.49. The van der Waals surface area contributed by atoms with E-state index in [1.807, 2.05) is 67.6 Å². The number of ether oxygens (including phenoxy) is 3. The summed E-state index contributed by atoms with van der Waals surface area (Å²) in [6.07, 6.45) is 0.155. The van der Waals surface area contributed by atoms with E-state index >= 15 is 0 Å². The SMILES string of the molecule is C=CC1(O)C(OCc2ccccc2)COC(C)[C@H]1OCc1ccccc1. The van der Waals surface area contributed by atoms with E-state index in [1.165, 1.54) is 6.08 Å². The maximum Gasteiger partial charge on any atom is 0.139 e. The molecule has 4 nitrogen and oxygen atoms in total. The van der Waals surface area contributed by atoms with Crippen molar-refractivity contribution in [1.29, 1.82) is 0 Å². The summed E-state index contributed by atoms with van der Waals surface area (Å²) in [5.41, 5.74) is 0.763. The molecule has 1 saturated heterocycles. The van der Waals surface area contributed by atoms with Crippen LogP contribution in [0.15, 0.2) is 73.3 Å². The molecule has 0 aromatic heterocycles. The molecular weight excluding hydrogens is 328 g/mol. The van der Waals surface area contributed by atoms with Crippen molar-refractivity contribution in [3.63, 3.8) is 0 Å². The topological polar surface area (TPSA) is 47.9 Å². The zero-order valence-corrected chi connectivity index (χ0v) is 15.1. The second-order valence-corrected chi connectivity index (χ2v) is 6.63. The van der Waals surface area contributed by atoms with E-state index in [0.717, 1.165) is 11.1 Å². The van der Waals surface area contributed by atoms with E-state index in [9.17, 15) is 5.11 Å². The van der Waals surface area contributed by atoms with Gasteiger partial charge in [0.25, 0.3) is 0 Å². The minimum atomic E-state index is -1.32. The van der Waals surface area contributed by atoms with Crippen LogP contribution in [0, 0.1) is 0 Å². The molecule has 1 fully saturated rings. The van der Waals surface area contributed by atoms with Crippen molar-refractivity contribution in [1.82, 2.24) is 0 Å². The summed E-state index contributed by atoms with van der Waals surface area (Å²) in [5, 5.41) is 11.3. The Morgan fingerprint density at radius 1 is 1.04 bits per heavy atom. The van der Waals surface area contributed by atoms with Gasteiger partial charge in [0.2, 0.25) is 0 Å². The van der Waals surface area contributed by atoms with Crippen LogP contribution in [0.4, 0.5) is 0 Å². The van der Waals surface area contributed by atoms with Crippen LogP contribution in [0.2, 0.25) is 0 Å². The molecule has 0 amide bonds. The van der Waals surface area contributed by atoms with Gasteiger partial charge in [-0.1, -0.05) is 66.7 Å². The normalized spacial score (nSPS) is 28.6. The summed E-state index contributed by atoms with van der Waals surface area (Å²) in [7, 11) is 0. The van der Waals surface area contributed by atoms with Gasteiger partial charge in [-0.25, -0.2) is 0 Å². The van der Waals surface area contributed by atoms with Gasteiger partial charge in [0.05, 0.1) is 25.9 Å². The van der Waals surface area contributed by atoms with E-state index < -0.39 is 17.8 Å². The van der Waals surface area contributed by atoms with E-state index in [4.69, 9.17) is 14.2 Å². The van der Waals surface area contributed by atoms with Crippen LogP contribution in [0.5, 0.6) is 0 Å². The van der Waals surface area contributed by atoms with Gasteiger partial charge in [0.1, 0.15) is 17.8 Å². The van der Waals surface area contributed by atoms with Crippen LogP contribution in [0.1, 0.15) is 18.1 Å². The van der Waals surface area contributed by atoms with Gasteiger partial charge in [0.15, 0.2) is 0 Å². The van der Waals surface area contributed by atoms with Gasteiger partial charge in [-0.2, -0.15) is 0 Å². The highest BCUT2D eigenvalue weighted by Crippen LogP contribution is 2.32. The third-order valence-corrected chi connectivity index (χ3v) is 4.80. The summed E-state index contributed by atoms with van der Waals surface area (Å²) in [6.45, 7) is 6.81. The highest BCUT2D eigenvalue weighted by atomic mass is 16.6. The summed E-state index contributed by atoms with van der Waals surface area (Å²) in [5.74, 6) is 0. The fraction of sp³-hybridized carbons (Fsp3) is 0.364. The Labute approximate surface area is 155 Å². The van der Waals surface area contributed by atoms with Crippen LogP contribution in [0.25, 0.3) is 0 Å². The highest BCUT2D eigenvalue weighted by Gasteiger charge is 2.50. The summed E-state index contributed by atoms with van der Waals surface area (Å²) >= 11 is 0. The summed E-state index contributed by atoms with van der Waals surface area (Å²) < 4.78 is 17.8. The van der Waals surface area contributed by atoms with Crippen LogP contribution >= 0.6 is 0 Å². The van der Waals surface area contributed by atoms with Crippen molar-refractivity contribution in [2.24, 2.45) is 0 Å². The molecule has 1 heterocycles. The lowest BCUT2D eigenvalue weighted by molar-refractivity contribution is -0.249. The van der Waals surface area contributed by atoms with Crippen molar-refractivity contribution in [2.75, 3.05) is 6.61 Å². The molecule has 26 heavy (non-hydrogen) atoms. The van der Waals surface area contributed by atoms with E-state index in [2.05, 4.69) is 6.58 Å². The molecule has 0 saturated carbocycles. The van der Waals surface area contributed by atoms with Gasteiger partial charge in [0, 0.05) is 0 Å². The molecule has 4 heteroatoms. The van der Waals surface area contributed by atoms with Crippen LogP contribution in [-0.4, -0.2) is 35.6 Å². The van der Waals surface area contributed by atoms with Crippen molar-refractivity contribution in [3.8, 4) is 0 Å². The van der Waals surface area contributed by atoms with E-state index in [1.54, 1.807) is 0 Å². The third kappa shape index (κ3) is 4.22. The van der Waals surface area contributed by atoms with Crippen molar-refractivity contribution >= 4 is 0 Å². The first kappa shape index (κ1) is 18.8. The fourth-order valence-corrected chi connectivity index (χ4v) is 3.25. The molecule has 1 aliphatic rings. The minimum absolute atomic E-state index is 0.265. The largest absolute Gasteiger partial charge is 0.380 e. The first-order valence-electron chi connectivity index (χ1n) is 8.92. The fourth-order valence-electron chi connectivity index (χ4n) is 3.25. The van der Waals surface area contributed by atoms with Crippen LogP contribution < -0.4 is 0 Å². The zero-order chi connectivity index (χ0) is 18.4. The molecule has 3 rings (SSSR count). The van der Waals surface area contributed by atoms with Gasteiger partial charge in [-0.05, 0) is 18.1 Å². The summed E-state index contributed by atoms with van der Waals surface area (Å²) in [4.78, 5) is 0. The molecule has 1 aliphatic heterocycles. The second-order valence-electron chi connectivity index (χ2n) is 6.63. The Bertz CT molecular complexity index is 688. The lowest BCUT2D eigenvalue weighted by Crippen LogP contribution is -2.62. The lowest BCUT2D eigenvalue weighted by Gasteiger charge is -2.46. The molecule has 0 bridgehead atoms. The average Bonchev–Trinajstić information content (AvgIpc) is 2.69. The standard InChI is InChI=1S/C22H26O4/c1-3-22(23)20(25-14-18-10-6-4-7-11-18)16-24-17(2)21(22)26-15-19-12-8-5-9-13-19/h3-13,17,20-21,23H,1,14-16H2,2H3/t17?,20?,21-,22?/m1/s1. The lowest BCUT2D eigenvalue weighted by atomic mass is 9.85. The van der Waals surface area contributed by atoms with Crippen LogP contribution in [0.3, 0.4) is 0 Å². The Morgan fingerprint density at radius 3 is 2.12 bits per heavy atom. The molecule has 4 atom stereocenters. The monoisotopic (exact) mass is 354 g/mol. The van der Waals surface area contributed by atoms with E-state index in [0.29, 0.717) is 19.8 Å². The van der Waals surface area contributed by atoms with Crippen molar-refractivity contribution in [3.05, 3.63) is 84.4 Å². The van der Waals surface area contributed by atoms with Gasteiger partial charge in [-0.3, -0.25) is 0 Å². The van der Waals surface area contributed by atoms with Crippen molar-refractivity contribution < 1.29 is 19.3 Å². The third-order valence-electron chi connectivity index (χ3n) is 4.80. The van der Waals surface area contributed by atoms with Gasteiger partial charge >= 0.3 is 0 Å². The Morgan fingerprint density at radius 2 is 1.58 bits per heavy atom. The number of benzene rings is 2. The maximum absolute atomic E-state index is 11.3. The Hall–Kier alpha value is -1.98. The molecule has 0 aliphatic carbocycles. The molecule has 1 N–H and O–H groups in total. The molecule has 3 unspecified atom stereocenters. The molecule has 138 valence electrons. The maximum atomic E-state index is 11.3. The number of hydrogen-bond acceptors (Lipinski definition) is 4. The second kappa shape index (κ2) is 8.60. The average molecular weight is 354 g/mol. The minimum Gasteiger partial charge on any atom is -0.380 e. The Kier molecular flexibility index (Phi) is 6.22. The number of rotatable bonds is 7. The van der Waals surface area contributed by atoms with Gasteiger partial charge in [-0.15, -0.1) is 6.58 Å². The first-order valence-corrected chi connectivity index (χ1v) is 8.92. The molecule has 2 aromatic carbocycles. The molecule has 0 radical (unpaired) electrons. The molecule has 2 aromatic rings. The first-order chi connectivity index (χ1) is 12.6. The van der Waals surface area contributed by atoms with Crippen molar-refractivity contribution in [2.45, 2.75) is 44.1 Å². The van der Waals surface area contributed by atoms with E-state index in [-0.39, 0.29) is 6.10 Å². The molecular formula is C22H26O4.